The summed E-state index contributed by atoms with van der Waals surface area (Å²) in [4.78, 5) is 23.8. The van der Waals surface area contributed by atoms with E-state index in [1.54, 1.807) is 12.3 Å². The Morgan fingerprint density at radius 1 is 1.33 bits per heavy atom. The maximum Gasteiger partial charge on any atom is 0.247 e. The summed E-state index contributed by atoms with van der Waals surface area (Å²) in [5.41, 5.74) is 2.32. The van der Waals surface area contributed by atoms with E-state index in [-0.39, 0.29) is 24.3 Å². The van der Waals surface area contributed by atoms with Crippen LogP contribution in [0, 0.1) is 0 Å². The molecule has 1 heterocycles. The monoisotopic (exact) mass is 326 g/mol. The fourth-order valence-corrected chi connectivity index (χ4v) is 2.49. The van der Waals surface area contributed by atoms with E-state index in [9.17, 15) is 9.59 Å². The van der Waals surface area contributed by atoms with Gasteiger partial charge >= 0.3 is 0 Å². The number of nitrogens with one attached hydrogen (secondary N) is 2. The van der Waals surface area contributed by atoms with E-state index in [0.717, 1.165) is 17.8 Å². The second kappa shape index (κ2) is 8.10. The lowest BCUT2D eigenvalue weighted by molar-refractivity contribution is -0.121. The first-order valence-corrected chi connectivity index (χ1v) is 7.87. The minimum absolute atomic E-state index is 0.119. The van der Waals surface area contributed by atoms with Crippen molar-refractivity contribution in [3.63, 3.8) is 0 Å². The van der Waals surface area contributed by atoms with Crippen LogP contribution in [-0.2, 0) is 22.6 Å². The van der Waals surface area contributed by atoms with Crippen molar-refractivity contribution in [2.75, 3.05) is 5.32 Å². The second-order valence-electron chi connectivity index (χ2n) is 5.39. The molecule has 0 bridgehead atoms. The van der Waals surface area contributed by atoms with Crippen LogP contribution in [-0.4, -0.2) is 21.6 Å². The standard InChI is InChI=1S/C18H22N4O2/c1-4-17(23)21-15-9-7-6-8-14(15)12-18(24)20-13(3)16-10-11-19-22(16)5-2/h4,6-11,13H,1,5,12H2,2-3H3,(H,20,24)(H,21,23). The summed E-state index contributed by atoms with van der Waals surface area (Å²) in [7, 11) is 0. The molecule has 1 unspecified atom stereocenters. The highest BCUT2D eigenvalue weighted by atomic mass is 16.2. The average molecular weight is 326 g/mol. The molecule has 24 heavy (non-hydrogen) atoms. The van der Waals surface area contributed by atoms with E-state index in [0.29, 0.717) is 5.69 Å². The topological polar surface area (TPSA) is 76.0 Å². The summed E-state index contributed by atoms with van der Waals surface area (Å²) in [5.74, 6) is -0.422. The van der Waals surface area contributed by atoms with Gasteiger partial charge in [0.1, 0.15) is 0 Å². The molecule has 0 spiro atoms. The number of anilines is 1. The van der Waals surface area contributed by atoms with Crippen molar-refractivity contribution in [1.82, 2.24) is 15.1 Å². The smallest absolute Gasteiger partial charge is 0.247 e. The summed E-state index contributed by atoms with van der Waals surface area (Å²) in [5, 5.41) is 9.89. The first-order chi connectivity index (χ1) is 11.5. The Morgan fingerprint density at radius 2 is 2.08 bits per heavy atom. The van der Waals surface area contributed by atoms with E-state index in [4.69, 9.17) is 0 Å². The van der Waals surface area contributed by atoms with Gasteiger partial charge in [-0.25, -0.2) is 0 Å². The highest BCUT2D eigenvalue weighted by Crippen LogP contribution is 2.17. The predicted molar refractivity (Wildman–Crippen MR) is 93.4 cm³/mol. The summed E-state index contributed by atoms with van der Waals surface area (Å²) in [6, 6.07) is 8.98. The van der Waals surface area contributed by atoms with Crippen molar-refractivity contribution in [1.29, 1.82) is 0 Å². The van der Waals surface area contributed by atoms with E-state index >= 15 is 0 Å². The third-order valence-electron chi connectivity index (χ3n) is 3.68. The van der Waals surface area contributed by atoms with Crippen LogP contribution in [0.1, 0.15) is 31.1 Å². The molecular weight excluding hydrogens is 304 g/mol. The van der Waals surface area contributed by atoms with E-state index in [1.807, 2.05) is 42.8 Å². The third kappa shape index (κ3) is 4.32. The Kier molecular flexibility index (Phi) is 5.89. The molecule has 0 aliphatic carbocycles. The van der Waals surface area contributed by atoms with Crippen molar-refractivity contribution in [3.8, 4) is 0 Å². The molecule has 1 atom stereocenters. The summed E-state index contributed by atoms with van der Waals surface area (Å²) < 4.78 is 1.85. The van der Waals surface area contributed by atoms with Gasteiger partial charge in [-0.2, -0.15) is 5.10 Å². The molecule has 2 rings (SSSR count). The molecule has 2 aromatic rings. The fourth-order valence-electron chi connectivity index (χ4n) is 2.49. The van der Waals surface area contributed by atoms with E-state index in [2.05, 4.69) is 22.3 Å². The van der Waals surface area contributed by atoms with Crippen LogP contribution in [0.4, 0.5) is 5.69 Å². The van der Waals surface area contributed by atoms with Crippen molar-refractivity contribution in [2.45, 2.75) is 32.9 Å². The van der Waals surface area contributed by atoms with Crippen LogP contribution in [0.2, 0.25) is 0 Å². The lowest BCUT2D eigenvalue weighted by atomic mass is 10.1. The summed E-state index contributed by atoms with van der Waals surface area (Å²) in [6.07, 6.45) is 3.10. The molecule has 0 saturated heterocycles. The number of hydrogen-bond acceptors (Lipinski definition) is 3. The number of para-hydroxylation sites is 1. The Labute approximate surface area is 141 Å². The minimum atomic E-state index is -0.303. The number of aromatic nitrogens is 2. The zero-order valence-electron chi connectivity index (χ0n) is 14.0. The quantitative estimate of drug-likeness (QED) is 0.767. The lowest BCUT2D eigenvalue weighted by Gasteiger charge is -2.16. The third-order valence-corrected chi connectivity index (χ3v) is 3.68. The molecule has 1 aromatic carbocycles. The number of hydrogen-bond donors (Lipinski definition) is 2. The van der Waals surface area contributed by atoms with Gasteiger partial charge in [-0.05, 0) is 37.6 Å². The van der Waals surface area contributed by atoms with Crippen molar-refractivity contribution in [2.24, 2.45) is 0 Å². The molecule has 2 N–H and O–H groups in total. The number of carbonyl (C=O) groups is 2. The molecule has 0 radical (unpaired) electrons. The van der Waals surface area contributed by atoms with E-state index in [1.165, 1.54) is 6.08 Å². The maximum absolute atomic E-state index is 12.4. The van der Waals surface area contributed by atoms with Crippen LogP contribution in [0.3, 0.4) is 0 Å². The van der Waals surface area contributed by atoms with Gasteiger partial charge in [-0.3, -0.25) is 14.3 Å². The Hall–Kier alpha value is -2.89. The van der Waals surface area contributed by atoms with Crippen LogP contribution >= 0.6 is 0 Å². The van der Waals surface area contributed by atoms with Gasteiger partial charge < -0.3 is 10.6 Å². The van der Waals surface area contributed by atoms with Gasteiger partial charge in [0.25, 0.3) is 0 Å². The highest BCUT2D eigenvalue weighted by molar-refractivity contribution is 5.99. The summed E-state index contributed by atoms with van der Waals surface area (Å²) >= 11 is 0. The van der Waals surface area contributed by atoms with Crippen LogP contribution in [0.25, 0.3) is 0 Å². The SMILES string of the molecule is C=CC(=O)Nc1ccccc1CC(=O)NC(C)c1ccnn1CC. The van der Waals surface area contributed by atoms with E-state index < -0.39 is 0 Å². The van der Waals surface area contributed by atoms with Gasteiger partial charge in [0.2, 0.25) is 11.8 Å². The summed E-state index contributed by atoms with van der Waals surface area (Å²) in [6.45, 7) is 8.11. The van der Waals surface area contributed by atoms with Gasteiger partial charge in [0.05, 0.1) is 18.2 Å². The van der Waals surface area contributed by atoms with Crippen LogP contribution < -0.4 is 10.6 Å². The van der Waals surface area contributed by atoms with Gasteiger partial charge in [0, 0.05) is 18.4 Å². The normalized spacial score (nSPS) is 11.6. The number of rotatable bonds is 7. The van der Waals surface area contributed by atoms with Crippen LogP contribution in [0.5, 0.6) is 0 Å². The lowest BCUT2D eigenvalue weighted by Crippen LogP contribution is -2.29. The zero-order chi connectivity index (χ0) is 17.5. The largest absolute Gasteiger partial charge is 0.348 e. The maximum atomic E-state index is 12.4. The predicted octanol–water partition coefficient (Wildman–Crippen LogP) is 2.45. The number of nitrogens with zero attached hydrogens (tertiary/aromatic N) is 2. The molecule has 0 fully saturated rings. The molecule has 0 aliphatic heterocycles. The average Bonchev–Trinajstić information content (AvgIpc) is 3.05. The van der Waals surface area contributed by atoms with Gasteiger partial charge in [0.15, 0.2) is 0 Å². The van der Waals surface area contributed by atoms with Crippen molar-refractivity contribution < 1.29 is 9.59 Å². The Bertz CT molecular complexity index is 736. The molecule has 2 amide bonds. The molecule has 126 valence electrons. The fraction of sp³-hybridized carbons (Fsp3) is 0.278. The molecular formula is C18H22N4O2. The molecule has 6 nitrogen and oxygen atoms in total. The Morgan fingerprint density at radius 3 is 2.79 bits per heavy atom. The first kappa shape index (κ1) is 17.5. The highest BCUT2D eigenvalue weighted by Gasteiger charge is 2.15. The minimum Gasteiger partial charge on any atom is -0.348 e. The van der Waals surface area contributed by atoms with Gasteiger partial charge in [-0.1, -0.05) is 24.8 Å². The van der Waals surface area contributed by atoms with Gasteiger partial charge in [-0.15, -0.1) is 0 Å². The molecule has 0 saturated carbocycles. The Balaban J connectivity index is 2.05. The number of aryl methyl sites for hydroxylation is 1. The number of carbonyl (C=O) groups excluding carboxylic acids is 2. The zero-order valence-corrected chi connectivity index (χ0v) is 14.0. The second-order valence-corrected chi connectivity index (χ2v) is 5.39. The molecule has 6 heteroatoms. The number of amides is 2. The molecule has 0 aliphatic rings. The van der Waals surface area contributed by atoms with Crippen LogP contribution in [0.15, 0.2) is 49.2 Å². The number of benzene rings is 1. The van der Waals surface area contributed by atoms with Crippen molar-refractivity contribution in [3.05, 3.63) is 60.4 Å². The molecule has 1 aromatic heterocycles. The van der Waals surface area contributed by atoms with Crippen molar-refractivity contribution >= 4 is 17.5 Å². The first-order valence-electron chi connectivity index (χ1n) is 7.87.